The maximum absolute atomic E-state index is 12.7. The van der Waals surface area contributed by atoms with E-state index in [2.05, 4.69) is 25.5 Å². The molecule has 3 heterocycles. The first kappa shape index (κ1) is 16.6. The van der Waals surface area contributed by atoms with Gasteiger partial charge in [0.05, 0.1) is 5.56 Å². The number of nitrogens with zero attached hydrogens (tertiary/aromatic N) is 5. The number of carbonyl (C=O) groups excluding carboxylic acids is 1. The van der Waals surface area contributed by atoms with E-state index >= 15 is 0 Å². The van der Waals surface area contributed by atoms with Gasteiger partial charge in [-0.15, -0.1) is 10.2 Å². The molecule has 27 heavy (non-hydrogen) atoms. The summed E-state index contributed by atoms with van der Waals surface area (Å²) in [7, 11) is 1.87. The Labute approximate surface area is 155 Å². The molecule has 7 heteroatoms. The van der Waals surface area contributed by atoms with Crippen molar-refractivity contribution in [3.8, 4) is 22.5 Å². The molecule has 1 aromatic carbocycles. The van der Waals surface area contributed by atoms with E-state index in [4.69, 9.17) is 0 Å². The third-order valence-corrected chi connectivity index (χ3v) is 4.09. The zero-order chi connectivity index (χ0) is 18.6. The van der Waals surface area contributed by atoms with Crippen molar-refractivity contribution in [1.29, 1.82) is 0 Å². The number of nitrogens with one attached hydrogen (secondary N) is 1. The molecule has 0 aliphatic rings. The Bertz CT molecular complexity index is 1090. The summed E-state index contributed by atoms with van der Waals surface area (Å²) in [6, 6.07) is 13.0. The fourth-order valence-corrected chi connectivity index (χ4v) is 2.74. The fourth-order valence-electron chi connectivity index (χ4n) is 2.74. The van der Waals surface area contributed by atoms with E-state index in [0.29, 0.717) is 11.3 Å². The van der Waals surface area contributed by atoms with Crippen LogP contribution in [0.4, 0.5) is 5.69 Å². The van der Waals surface area contributed by atoms with Crippen LogP contribution in [0.5, 0.6) is 0 Å². The monoisotopic (exact) mass is 356 g/mol. The summed E-state index contributed by atoms with van der Waals surface area (Å²) in [4.78, 5) is 20.9. The quantitative estimate of drug-likeness (QED) is 0.607. The molecule has 4 rings (SSSR count). The van der Waals surface area contributed by atoms with E-state index in [-0.39, 0.29) is 5.91 Å². The van der Waals surface area contributed by atoms with Gasteiger partial charge in [0.25, 0.3) is 5.91 Å². The molecule has 0 saturated heterocycles. The average molecular weight is 356 g/mol. The van der Waals surface area contributed by atoms with E-state index in [1.165, 1.54) is 0 Å². The van der Waals surface area contributed by atoms with Gasteiger partial charge < -0.3 is 9.88 Å². The van der Waals surface area contributed by atoms with Gasteiger partial charge >= 0.3 is 0 Å². The van der Waals surface area contributed by atoms with Crippen LogP contribution in [0, 0.1) is 0 Å². The van der Waals surface area contributed by atoms with Gasteiger partial charge in [0.15, 0.2) is 5.82 Å². The summed E-state index contributed by atoms with van der Waals surface area (Å²) >= 11 is 0. The molecule has 1 N–H and O–H groups in total. The predicted octanol–water partition coefficient (Wildman–Crippen LogP) is 3.19. The largest absolute Gasteiger partial charge is 0.322 e. The highest BCUT2D eigenvalue weighted by atomic mass is 16.1. The highest BCUT2D eigenvalue weighted by Crippen LogP contribution is 2.22. The maximum Gasteiger partial charge on any atom is 0.257 e. The van der Waals surface area contributed by atoms with Crippen LogP contribution in [-0.2, 0) is 7.05 Å². The first-order chi connectivity index (χ1) is 13.2. The summed E-state index contributed by atoms with van der Waals surface area (Å²) in [6.07, 6.45) is 8.33. The Morgan fingerprint density at radius 3 is 2.59 bits per heavy atom. The smallest absolute Gasteiger partial charge is 0.257 e. The van der Waals surface area contributed by atoms with Gasteiger partial charge in [0, 0.05) is 54.2 Å². The van der Waals surface area contributed by atoms with Crippen molar-refractivity contribution in [2.45, 2.75) is 0 Å². The molecule has 0 unspecified atom stereocenters. The van der Waals surface area contributed by atoms with Crippen LogP contribution >= 0.6 is 0 Å². The summed E-state index contributed by atoms with van der Waals surface area (Å²) in [5.41, 5.74) is 3.76. The molecule has 0 radical (unpaired) electrons. The standard InChI is InChI=1S/C20H16N6O/c1-26-13-23-25-19(26)14-4-2-6-18(9-14)24-20(27)17-8-16(11-22-12-17)15-5-3-7-21-10-15/h2-13H,1H3,(H,24,27). The number of anilines is 1. The lowest BCUT2D eigenvalue weighted by molar-refractivity contribution is 0.102. The van der Waals surface area contributed by atoms with E-state index in [1.807, 2.05) is 48.0 Å². The Hall–Kier alpha value is -3.87. The highest BCUT2D eigenvalue weighted by molar-refractivity contribution is 6.04. The molecule has 0 spiro atoms. The average Bonchev–Trinajstić information content (AvgIpc) is 3.15. The van der Waals surface area contributed by atoms with Gasteiger partial charge in [0.1, 0.15) is 6.33 Å². The minimum absolute atomic E-state index is 0.233. The number of aryl methyl sites for hydroxylation is 1. The maximum atomic E-state index is 12.7. The second kappa shape index (κ2) is 7.17. The van der Waals surface area contributed by atoms with Crippen molar-refractivity contribution in [3.63, 3.8) is 0 Å². The molecule has 0 aliphatic heterocycles. The van der Waals surface area contributed by atoms with Crippen LogP contribution in [0.3, 0.4) is 0 Å². The van der Waals surface area contributed by atoms with Crippen molar-refractivity contribution in [3.05, 3.63) is 79.1 Å². The lowest BCUT2D eigenvalue weighted by Gasteiger charge is -2.08. The van der Waals surface area contributed by atoms with E-state index in [0.717, 1.165) is 22.5 Å². The molecule has 1 amide bonds. The number of hydrogen-bond acceptors (Lipinski definition) is 5. The Morgan fingerprint density at radius 1 is 0.963 bits per heavy atom. The number of carbonyl (C=O) groups is 1. The van der Waals surface area contributed by atoms with Gasteiger partial charge in [-0.2, -0.15) is 0 Å². The van der Waals surface area contributed by atoms with Gasteiger partial charge in [-0.05, 0) is 24.3 Å². The topological polar surface area (TPSA) is 85.6 Å². The number of amides is 1. The number of aromatic nitrogens is 5. The van der Waals surface area contributed by atoms with Crippen LogP contribution in [0.25, 0.3) is 22.5 Å². The van der Waals surface area contributed by atoms with Crippen LogP contribution < -0.4 is 5.32 Å². The molecule has 0 bridgehead atoms. The lowest BCUT2D eigenvalue weighted by Crippen LogP contribution is -2.12. The van der Waals surface area contributed by atoms with Crippen LogP contribution in [0.2, 0.25) is 0 Å². The van der Waals surface area contributed by atoms with Crippen molar-refractivity contribution >= 4 is 11.6 Å². The summed E-state index contributed by atoms with van der Waals surface area (Å²) < 4.78 is 1.82. The summed E-state index contributed by atoms with van der Waals surface area (Å²) in [6.45, 7) is 0. The molecule has 3 aromatic heterocycles. The second-order valence-electron chi connectivity index (χ2n) is 6.00. The van der Waals surface area contributed by atoms with Crippen LogP contribution in [0.1, 0.15) is 10.4 Å². The lowest BCUT2D eigenvalue weighted by atomic mass is 10.1. The van der Waals surface area contributed by atoms with Gasteiger partial charge in [0.2, 0.25) is 0 Å². The molecular weight excluding hydrogens is 340 g/mol. The van der Waals surface area contributed by atoms with Crippen molar-refractivity contribution < 1.29 is 4.79 Å². The summed E-state index contributed by atoms with van der Waals surface area (Å²) in [5, 5.41) is 10.9. The third-order valence-electron chi connectivity index (χ3n) is 4.09. The normalized spacial score (nSPS) is 10.6. The van der Waals surface area contributed by atoms with Gasteiger partial charge in [-0.3, -0.25) is 14.8 Å². The minimum atomic E-state index is -0.233. The number of benzene rings is 1. The van der Waals surface area contributed by atoms with E-state index in [1.54, 1.807) is 37.2 Å². The third kappa shape index (κ3) is 3.57. The van der Waals surface area contributed by atoms with Crippen molar-refractivity contribution in [2.75, 3.05) is 5.32 Å². The Balaban J connectivity index is 1.57. The zero-order valence-corrected chi connectivity index (χ0v) is 14.6. The molecular formula is C20H16N6O. The highest BCUT2D eigenvalue weighted by Gasteiger charge is 2.10. The molecule has 0 saturated carbocycles. The Kier molecular flexibility index (Phi) is 4.40. The van der Waals surface area contributed by atoms with Crippen LogP contribution in [0.15, 0.2) is 73.6 Å². The molecule has 0 fully saturated rings. The van der Waals surface area contributed by atoms with E-state index < -0.39 is 0 Å². The first-order valence-corrected chi connectivity index (χ1v) is 8.32. The van der Waals surface area contributed by atoms with Crippen molar-refractivity contribution in [1.82, 2.24) is 24.7 Å². The number of pyridine rings is 2. The number of rotatable bonds is 4. The predicted molar refractivity (Wildman–Crippen MR) is 102 cm³/mol. The molecule has 132 valence electrons. The second-order valence-corrected chi connectivity index (χ2v) is 6.00. The molecule has 7 nitrogen and oxygen atoms in total. The SMILES string of the molecule is Cn1cnnc1-c1cccc(NC(=O)c2cncc(-c3cccnc3)c2)c1. The molecule has 0 aliphatic carbocycles. The van der Waals surface area contributed by atoms with Crippen LogP contribution in [-0.4, -0.2) is 30.6 Å². The van der Waals surface area contributed by atoms with Crippen molar-refractivity contribution in [2.24, 2.45) is 7.05 Å². The van der Waals surface area contributed by atoms with E-state index in [9.17, 15) is 4.79 Å². The fraction of sp³-hybridized carbons (Fsp3) is 0.0500. The minimum Gasteiger partial charge on any atom is -0.322 e. The first-order valence-electron chi connectivity index (χ1n) is 8.32. The Morgan fingerprint density at radius 2 is 1.81 bits per heavy atom. The van der Waals surface area contributed by atoms with Gasteiger partial charge in [-0.25, -0.2) is 0 Å². The van der Waals surface area contributed by atoms with Gasteiger partial charge in [-0.1, -0.05) is 18.2 Å². The number of hydrogen-bond donors (Lipinski definition) is 1. The molecule has 4 aromatic rings. The zero-order valence-electron chi connectivity index (χ0n) is 14.6. The summed E-state index contributed by atoms with van der Waals surface area (Å²) in [5.74, 6) is 0.495. The molecule has 0 atom stereocenters.